The highest BCUT2D eigenvalue weighted by atomic mass is 16.5. The van der Waals surface area contributed by atoms with Gasteiger partial charge in [0.05, 0.1) is 6.10 Å². The van der Waals surface area contributed by atoms with Crippen molar-refractivity contribution in [2.45, 2.75) is 63.6 Å². The van der Waals surface area contributed by atoms with E-state index in [4.69, 9.17) is 10.5 Å². The Morgan fingerprint density at radius 3 is 2.69 bits per heavy atom. The Hall–Kier alpha value is -0.120. The van der Waals surface area contributed by atoms with Crippen molar-refractivity contribution in [2.24, 2.45) is 5.73 Å². The molecule has 0 amide bonds. The summed E-state index contributed by atoms with van der Waals surface area (Å²) < 4.78 is 5.68. The maximum Gasteiger partial charge on any atom is 0.0611 e. The van der Waals surface area contributed by atoms with Gasteiger partial charge in [0.25, 0.3) is 0 Å². The van der Waals surface area contributed by atoms with Gasteiger partial charge in [0.1, 0.15) is 0 Å². The Morgan fingerprint density at radius 1 is 1.38 bits per heavy atom. The second-order valence-electron chi connectivity index (χ2n) is 5.31. The highest BCUT2D eigenvalue weighted by Gasteiger charge is 2.50. The monoisotopic (exact) mass is 226 g/mol. The molecule has 16 heavy (non-hydrogen) atoms. The second-order valence-corrected chi connectivity index (χ2v) is 5.31. The highest BCUT2D eigenvalue weighted by Crippen LogP contribution is 2.43. The van der Waals surface area contributed by atoms with E-state index in [1.165, 1.54) is 25.8 Å². The maximum absolute atomic E-state index is 6.03. The molecule has 2 rings (SSSR count). The van der Waals surface area contributed by atoms with E-state index in [-0.39, 0.29) is 5.54 Å². The lowest BCUT2D eigenvalue weighted by Gasteiger charge is -2.54. The van der Waals surface area contributed by atoms with Gasteiger partial charge >= 0.3 is 0 Å². The van der Waals surface area contributed by atoms with Crippen LogP contribution in [0.25, 0.3) is 0 Å². The van der Waals surface area contributed by atoms with Crippen molar-refractivity contribution >= 4 is 0 Å². The summed E-state index contributed by atoms with van der Waals surface area (Å²) in [6.45, 7) is 7.25. The molecule has 2 N–H and O–H groups in total. The smallest absolute Gasteiger partial charge is 0.0611 e. The molecule has 0 bridgehead atoms. The van der Waals surface area contributed by atoms with E-state index in [1.807, 2.05) is 0 Å². The average Bonchev–Trinajstić information content (AvgIpc) is 2.71. The lowest BCUT2D eigenvalue weighted by atomic mass is 9.72. The topological polar surface area (TPSA) is 38.5 Å². The third-order valence-corrected chi connectivity index (χ3v) is 4.46. The van der Waals surface area contributed by atoms with Gasteiger partial charge in [-0.25, -0.2) is 0 Å². The SMILES string of the molecule is CCOC1CC(CN)(N2CCCC2CC)C1. The summed E-state index contributed by atoms with van der Waals surface area (Å²) >= 11 is 0. The van der Waals surface area contributed by atoms with E-state index < -0.39 is 0 Å². The van der Waals surface area contributed by atoms with Crippen LogP contribution >= 0.6 is 0 Å². The Kier molecular flexibility index (Phi) is 3.88. The Morgan fingerprint density at radius 2 is 2.12 bits per heavy atom. The average molecular weight is 226 g/mol. The molecule has 1 unspecified atom stereocenters. The summed E-state index contributed by atoms with van der Waals surface area (Å²) in [5, 5.41) is 0. The van der Waals surface area contributed by atoms with Crippen molar-refractivity contribution in [3.63, 3.8) is 0 Å². The minimum Gasteiger partial charge on any atom is -0.378 e. The first-order valence-corrected chi connectivity index (χ1v) is 6.84. The normalized spacial score (nSPS) is 39.9. The van der Waals surface area contributed by atoms with Crippen molar-refractivity contribution in [3.8, 4) is 0 Å². The molecule has 3 nitrogen and oxygen atoms in total. The quantitative estimate of drug-likeness (QED) is 0.776. The molecule has 0 spiro atoms. The van der Waals surface area contributed by atoms with E-state index in [1.54, 1.807) is 0 Å². The fraction of sp³-hybridized carbons (Fsp3) is 1.00. The molecule has 0 aromatic carbocycles. The summed E-state index contributed by atoms with van der Waals surface area (Å²) in [6, 6.07) is 0.770. The summed E-state index contributed by atoms with van der Waals surface area (Å²) in [5.41, 5.74) is 6.30. The van der Waals surface area contributed by atoms with Gasteiger partial charge < -0.3 is 10.5 Å². The standard InChI is InChI=1S/C13H26N2O/c1-3-11-6-5-7-15(11)13(10-14)8-12(9-13)16-4-2/h11-12H,3-10,14H2,1-2H3. The van der Waals surface area contributed by atoms with Crippen molar-refractivity contribution in [3.05, 3.63) is 0 Å². The maximum atomic E-state index is 6.03. The fourth-order valence-corrected chi connectivity index (χ4v) is 3.54. The molecule has 94 valence electrons. The van der Waals surface area contributed by atoms with E-state index in [2.05, 4.69) is 18.7 Å². The molecule has 2 fully saturated rings. The number of rotatable bonds is 5. The van der Waals surface area contributed by atoms with Gasteiger partial charge in [-0.1, -0.05) is 6.92 Å². The summed E-state index contributed by atoms with van der Waals surface area (Å²) in [5.74, 6) is 0. The molecule has 0 radical (unpaired) electrons. The van der Waals surface area contributed by atoms with Crippen LogP contribution in [0.3, 0.4) is 0 Å². The molecular weight excluding hydrogens is 200 g/mol. The number of hydrogen-bond acceptors (Lipinski definition) is 3. The van der Waals surface area contributed by atoms with E-state index in [9.17, 15) is 0 Å². The molecule has 0 aromatic heterocycles. The molecule has 0 aromatic rings. The Bertz CT molecular complexity index is 226. The summed E-state index contributed by atoms with van der Waals surface area (Å²) in [4.78, 5) is 2.68. The summed E-state index contributed by atoms with van der Waals surface area (Å²) in [6.07, 6.45) is 6.73. The second kappa shape index (κ2) is 5.03. The van der Waals surface area contributed by atoms with Crippen molar-refractivity contribution < 1.29 is 4.74 Å². The zero-order chi connectivity index (χ0) is 11.6. The fourth-order valence-electron chi connectivity index (χ4n) is 3.54. The first-order chi connectivity index (χ1) is 7.75. The number of nitrogens with two attached hydrogens (primary N) is 1. The first kappa shape index (κ1) is 12.3. The molecule has 2 aliphatic rings. The van der Waals surface area contributed by atoms with Crippen LogP contribution in [0, 0.1) is 0 Å². The van der Waals surface area contributed by atoms with Crippen LogP contribution in [0.5, 0.6) is 0 Å². The Balaban J connectivity index is 1.95. The van der Waals surface area contributed by atoms with Crippen LogP contribution in [-0.4, -0.2) is 42.3 Å². The third-order valence-electron chi connectivity index (χ3n) is 4.46. The largest absolute Gasteiger partial charge is 0.378 e. The highest BCUT2D eigenvalue weighted by molar-refractivity contribution is 5.07. The number of hydrogen-bond donors (Lipinski definition) is 1. The summed E-state index contributed by atoms with van der Waals surface area (Å²) in [7, 11) is 0. The predicted molar refractivity (Wildman–Crippen MR) is 66.5 cm³/mol. The number of nitrogens with zero attached hydrogens (tertiary/aromatic N) is 1. The van der Waals surface area contributed by atoms with Gasteiger partial charge in [0.15, 0.2) is 0 Å². The molecular formula is C13H26N2O. The van der Waals surface area contributed by atoms with E-state index in [0.717, 1.165) is 32.0 Å². The molecule has 1 aliphatic heterocycles. The van der Waals surface area contributed by atoms with E-state index >= 15 is 0 Å². The van der Waals surface area contributed by atoms with Crippen LogP contribution in [0.4, 0.5) is 0 Å². The van der Waals surface area contributed by atoms with Crippen molar-refractivity contribution in [1.29, 1.82) is 0 Å². The molecule has 1 saturated carbocycles. The third kappa shape index (κ3) is 2.01. The van der Waals surface area contributed by atoms with Gasteiger partial charge in [-0.05, 0) is 45.6 Å². The van der Waals surface area contributed by atoms with Gasteiger partial charge in [-0.2, -0.15) is 0 Å². The molecule has 1 aliphatic carbocycles. The van der Waals surface area contributed by atoms with Crippen molar-refractivity contribution in [1.82, 2.24) is 4.90 Å². The van der Waals surface area contributed by atoms with Crippen LogP contribution in [0.15, 0.2) is 0 Å². The zero-order valence-electron chi connectivity index (χ0n) is 10.7. The van der Waals surface area contributed by atoms with Crippen LogP contribution in [0.2, 0.25) is 0 Å². The van der Waals surface area contributed by atoms with Crippen LogP contribution in [0.1, 0.15) is 46.0 Å². The zero-order valence-corrected chi connectivity index (χ0v) is 10.7. The lowest BCUT2D eigenvalue weighted by molar-refractivity contribution is -0.104. The Labute approximate surface area is 99.3 Å². The lowest BCUT2D eigenvalue weighted by Crippen LogP contribution is -2.65. The first-order valence-electron chi connectivity index (χ1n) is 6.84. The van der Waals surface area contributed by atoms with Gasteiger partial charge in [-0.15, -0.1) is 0 Å². The molecule has 1 saturated heterocycles. The molecule has 3 heteroatoms. The minimum atomic E-state index is 0.275. The van der Waals surface area contributed by atoms with Gasteiger partial charge in [-0.3, -0.25) is 4.90 Å². The van der Waals surface area contributed by atoms with Crippen molar-refractivity contribution in [2.75, 3.05) is 19.7 Å². The van der Waals surface area contributed by atoms with Gasteiger partial charge in [0.2, 0.25) is 0 Å². The van der Waals surface area contributed by atoms with E-state index in [0.29, 0.717) is 6.10 Å². The van der Waals surface area contributed by atoms with Crippen LogP contribution in [-0.2, 0) is 4.74 Å². The van der Waals surface area contributed by atoms with Crippen LogP contribution < -0.4 is 5.73 Å². The predicted octanol–water partition coefficient (Wildman–Crippen LogP) is 1.76. The minimum absolute atomic E-state index is 0.275. The number of ether oxygens (including phenoxy) is 1. The number of likely N-dealkylation sites (tertiary alicyclic amines) is 1. The molecule has 1 heterocycles. The van der Waals surface area contributed by atoms with Gasteiger partial charge in [0, 0.05) is 24.7 Å². The molecule has 1 atom stereocenters.